The molecule has 1 saturated heterocycles. The number of ether oxygens (including phenoxy) is 1. The molecule has 94 valence electrons. The van der Waals surface area contributed by atoms with E-state index in [4.69, 9.17) is 9.88 Å². The zero-order valence-electron chi connectivity index (χ0n) is 10.0. The first-order valence-corrected chi connectivity index (χ1v) is 7.56. The molecule has 16 heavy (non-hydrogen) atoms. The Bertz CT molecular complexity index is 377. The molecule has 0 aromatic rings. The summed E-state index contributed by atoms with van der Waals surface area (Å²) >= 11 is 0. The van der Waals surface area contributed by atoms with Crippen molar-refractivity contribution in [3.8, 4) is 0 Å². The van der Waals surface area contributed by atoms with Crippen molar-refractivity contribution in [2.45, 2.75) is 45.6 Å². The highest BCUT2D eigenvalue weighted by Crippen LogP contribution is 2.56. The van der Waals surface area contributed by atoms with E-state index in [-0.39, 0.29) is 17.3 Å². The summed E-state index contributed by atoms with van der Waals surface area (Å²) in [6, 6.07) is 0. The van der Waals surface area contributed by atoms with Crippen LogP contribution in [-0.4, -0.2) is 26.9 Å². The minimum absolute atomic E-state index is 0.0247. The Morgan fingerprint density at radius 1 is 1.31 bits per heavy atom. The lowest BCUT2D eigenvalue weighted by molar-refractivity contribution is 0.0638. The minimum atomic E-state index is -3.43. The van der Waals surface area contributed by atoms with Crippen LogP contribution in [0, 0.1) is 10.8 Å². The molecule has 2 N–H and O–H groups in total. The monoisotopic (exact) mass is 247 g/mol. The van der Waals surface area contributed by atoms with E-state index in [1.165, 1.54) is 0 Å². The quantitative estimate of drug-likeness (QED) is 0.798. The third-order valence-electron chi connectivity index (χ3n) is 4.12. The summed E-state index contributed by atoms with van der Waals surface area (Å²) in [5, 5.41) is 5.13. The van der Waals surface area contributed by atoms with E-state index in [1.54, 1.807) is 0 Å². The van der Waals surface area contributed by atoms with Crippen molar-refractivity contribution in [3.63, 3.8) is 0 Å². The normalized spacial score (nSPS) is 38.3. The summed E-state index contributed by atoms with van der Waals surface area (Å²) in [5.41, 5.74) is 0.375. The van der Waals surface area contributed by atoms with E-state index >= 15 is 0 Å². The van der Waals surface area contributed by atoms with Crippen LogP contribution in [-0.2, 0) is 14.8 Å². The smallest absolute Gasteiger partial charge is 0.211 e. The fourth-order valence-electron chi connectivity index (χ4n) is 3.38. The lowest BCUT2D eigenvalue weighted by Gasteiger charge is -2.30. The Labute approximate surface area is 97.6 Å². The zero-order chi connectivity index (χ0) is 12.0. The Balaban J connectivity index is 2.15. The number of hydrogen-bond donors (Lipinski definition) is 1. The molecule has 1 aliphatic heterocycles. The van der Waals surface area contributed by atoms with Gasteiger partial charge < -0.3 is 4.74 Å². The van der Waals surface area contributed by atoms with Gasteiger partial charge in [-0.15, -0.1) is 0 Å². The van der Waals surface area contributed by atoms with Crippen LogP contribution in [0.15, 0.2) is 0 Å². The molecule has 2 fully saturated rings. The molecular weight excluding hydrogens is 226 g/mol. The van der Waals surface area contributed by atoms with Gasteiger partial charge in [0, 0.05) is 12.0 Å². The molecule has 1 heterocycles. The third-order valence-corrected chi connectivity index (χ3v) is 4.88. The first-order valence-electron chi connectivity index (χ1n) is 5.85. The molecule has 2 atom stereocenters. The second-order valence-electron chi connectivity index (χ2n) is 6.14. The maximum Gasteiger partial charge on any atom is 0.211 e. The summed E-state index contributed by atoms with van der Waals surface area (Å²) in [6.45, 7) is 5.17. The molecule has 0 amide bonds. The van der Waals surface area contributed by atoms with Crippen LogP contribution in [0.25, 0.3) is 0 Å². The van der Waals surface area contributed by atoms with Crippen molar-refractivity contribution in [1.29, 1.82) is 0 Å². The van der Waals surface area contributed by atoms with Crippen LogP contribution in [0.3, 0.4) is 0 Å². The van der Waals surface area contributed by atoms with Gasteiger partial charge >= 0.3 is 0 Å². The molecule has 1 spiro atoms. The first kappa shape index (κ1) is 12.3. The molecular formula is C11H21NO3S. The molecule has 1 aliphatic carbocycles. The van der Waals surface area contributed by atoms with Crippen molar-refractivity contribution in [2.24, 2.45) is 16.0 Å². The van der Waals surface area contributed by atoms with Crippen LogP contribution in [0.1, 0.15) is 39.5 Å². The van der Waals surface area contributed by atoms with Gasteiger partial charge in [0.15, 0.2) is 0 Å². The Kier molecular flexibility index (Phi) is 2.84. The minimum Gasteiger partial charge on any atom is -0.377 e. The predicted octanol–water partition coefficient (Wildman–Crippen LogP) is 1.26. The number of hydrogen-bond acceptors (Lipinski definition) is 3. The van der Waals surface area contributed by atoms with E-state index in [1.807, 2.05) is 0 Å². The van der Waals surface area contributed by atoms with Gasteiger partial charge in [0.1, 0.15) is 0 Å². The topological polar surface area (TPSA) is 69.4 Å². The number of sulfonamides is 1. The molecule has 0 bridgehead atoms. The molecule has 5 heteroatoms. The summed E-state index contributed by atoms with van der Waals surface area (Å²) in [5.74, 6) is -0.0247. The van der Waals surface area contributed by atoms with Crippen molar-refractivity contribution in [3.05, 3.63) is 0 Å². The highest BCUT2D eigenvalue weighted by molar-refractivity contribution is 7.89. The first-order chi connectivity index (χ1) is 7.23. The second kappa shape index (κ2) is 3.68. The fourth-order valence-corrected chi connectivity index (χ4v) is 4.26. The molecule has 0 aromatic carbocycles. The molecule has 1 saturated carbocycles. The number of primary sulfonamides is 1. The zero-order valence-corrected chi connectivity index (χ0v) is 10.8. The van der Waals surface area contributed by atoms with Gasteiger partial charge in [-0.3, -0.25) is 0 Å². The van der Waals surface area contributed by atoms with Crippen LogP contribution >= 0.6 is 0 Å². The van der Waals surface area contributed by atoms with Crippen molar-refractivity contribution < 1.29 is 13.2 Å². The fraction of sp³-hybridized carbons (Fsp3) is 1.00. The van der Waals surface area contributed by atoms with E-state index in [9.17, 15) is 8.42 Å². The van der Waals surface area contributed by atoms with Gasteiger partial charge in [0.05, 0.1) is 11.9 Å². The Morgan fingerprint density at radius 2 is 2.00 bits per heavy atom. The maximum absolute atomic E-state index is 11.2. The van der Waals surface area contributed by atoms with Crippen molar-refractivity contribution in [2.75, 3.05) is 12.4 Å². The highest BCUT2D eigenvalue weighted by Gasteiger charge is 2.52. The summed E-state index contributed by atoms with van der Waals surface area (Å²) in [4.78, 5) is 0. The van der Waals surface area contributed by atoms with Gasteiger partial charge in [0.2, 0.25) is 10.0 Å². The van der Waals surface area contributed by atoms with E-state index in [0.717, 1.165) is 25.7 Å². The molecule has 2 rings (SSSR count). The Hall–Kier alpha value is -0.130. The summed E-state index contributed by atoms with van der Waals surface area (Å²) in [6.07, 6.45) is 4.07. The average molecular weight is 247 g/mol. The largest absolute Gasteiger partial charge is 0.377 e. The van der Waals surface area contributed by atoms with Crippen LogP contribution in [0.4, 0.5) is 0 Å². The van der Waals surface area contributed by atoms with Crippen LogP contribution in [0.2, 0.25) is 0 Å². The second-order valence-corrected chi connectivity index (χ2v) is 7.80. The third kappa shape index (κ3) is 2.41. The number of nitrogens with two attached hydrogens (primary N) is 1. The van der Waals surface area contributed by atoms with E-state index in [2.05, 4.69) is 13.8 Å². The maximum atomic E-state index is 11.2. The van der Waals surface area contributed by atoms with Gasteiger partial charge in [-0.25, -0.2) is 13.6 Å². The lowest BCUT2D eigenvalue weighted by Crippen LogP contribution is -2.37. The summed E-state index contributed by atoms with van der Waals surface area (Å²) < 4.78 is 28.0. The van der Waals surface area contributed by atoms with Gasteiger partial charge in [-0.05, 0) is 31.1 Å². The van der Waals surface area contributed by atoms with Crippen LogP contribution in [0.5, 0.6) is 0 Å². The van der Waals surface area contributed by atoms with Crippen LogP contribution < -0.4 is 5.14 Å². The van der Waals surface area contributed by atoms with Crippen molar-refractivity contribution >= 4 is 10.0 Å². The summed E-state index contributed by atoms with van der Waals surface area (Å²) in [7, 11) is -3.43. The molecule has 0 radical (unpaired) electrons. The Morgan fingerprint density at radius 3 is 2.50 bits per heavy atom. The average Bonchev–Trinajstić information content (AvgIpc) is 2.56. The molecule has 2 unspecified atom stereocenters. The molecule has 4 nitrogen and oxygen atoms in total. The van der Waals surface area contributed by atoms with E-state index in [0.29, 0.717) is 12.0 Å². The van der Waals surface area contributed by atoms with Gasteiger partial charge in [-0.2, -0.15) is 0 Å². The van der Waals surface area contributed by atoms with Gasteiger partial charge in [0.25, 0.3) is 0 Å². The predicted molar refractivity (Wildman–Crippen MR) is 62.4 cm³/mol. The molecule has 0 aromatic heterocycles. The lowest BCUT2D eigenvalue weighted by atomic mass is 9.77. The van der Waals surface area contributed by atoms with E-state index < -0.39 is 10.0 Å². The van der Waals surface area contributed by atoms with Crippen molar-refractivity contribution in [1.82, 2.24) is 0 Å². The number of rotatable bonds is 2. The highest BCUT2D eigenvalue weighted by atomic mass is 32.2. The standard InChI is InChI=1S/C11H21NO3S/c1-10(2)3-4-11(8-10)5-6-15-9(11)7-16(12,13)14/h9H,3-8H2,1-2H3,(H2,12,13,14). The SMILES string of the molecule is CC1(C)CCC2(CCOC2CS(N)(=O)=O)C1. The van der Waals surface area contributed by atoms with Gasteiger partial charge in [-0.1, -0.05) is 13.8 Å². The molecule has 2 aliphatic rings.